The van der Waals surface area contributed by atoms with Crippen LogP contribution in [0.15, 0.2) is 18.2 Å². The molecule has 9 heteroatoms. The number of urea groups is 1. The summed E-state index contributed by atoms with van der Waals surface area (Å²) < 4.78 is 56.7. The van der Waals surface area contributed by atoms with Crippen molar-refractivity contribution in [2.24, 2.45) is 0 Å². The number of carbonyl (C=O) groups is 1. The summed E-state index contributed by atoms with van der Waals surface area (Å²) in [6.45, 7) is 0.680. The fourth-order valence-electron chi connectivity index (χ4n) is 3.52. The molecule has 2 aliphatic rings. The minimum atomic E-state index is -4.53. The number of alkyl halides is 3. The maximum Gasteiger partial charge on any atom is 0.416 e. The summed E-state index contributed by atoms with van der Waals surface area (Å²) in [4.78, 5) is 14.0. The van der Waals surface area contributed by atoms with Gasteiger partial charge in [-0.15, -0.1) is 0 Å². The van der Waals surface area contributed by atoms with E-state index < -0.39 is 28.6 Å². The fraction of sp³-hybridized carbons (Fsp3) is 0.588. The lowest BCUT2D eigenvalue weighted by Crippen LogP contribution is -2.40. The second-order valence-corrected chi connectivity index (χ2v) is 8.61. The van der Waals surface area contributed by atoms with E-state index in [1.807, 2.05) is 0 Å². The number of methoxy groups -OCH3 is 1. The number of likely N-dealkylation sites (tertiary alicyclic amines) is 1. The van der Waals surface area contributed by atoms with E-state index in [0.717, 1.165) is 18.9 Å². The van der Waals surface area contributed by atoms with Crippen LogP contribution in [0.5, 0.6) is 0 Å². The number of benzene rings is 1. The van der Waals surface area contributed by atoms with Crippen LogP contribution in [0.3, 0.4) is 0 Å². The zero-order valence-electron chi connectivity index (χ0n) is 14.3. The van der Waals surface area contributed by atoms with Crippen LogP contribution in [0, 0.1) is 0 Å². The highest BCUT2D eigenvalue weighted by Gasteiger charge is 2.38. The molecule has 0 radical (unpaired) electrons. The van der Waals surface area contributed by atoms with Gasteiger partial charge in [0, 0.05) is 41.9 Å². The average Bonchev–Trinajstić information content (AvgIpc) is 2.80. The number of hydrogen-bond acceptors (Lipinski definition) is 3. The molecule has 0 aliphatic carbocycles. The Kier molecular flexibility index (Phi) is 5.57. The van der Waals surface area contributed by atoms with Gasteiger partial charge in [-0.25, -0.2) is 4.79 Å². The minimum Gasteiger partial charge on any atom is -0.380 e. The molecule has 1 aromatic carbocycles. The predicted octanol–water partition coefficient (Wildman–Crippen LogP) is 3.37. The van der Waals surface area contributed by atoms with Crippen LogP contribution in [0.4, 0.5) is 23.7 Å². The summed E-state index contributed by atoms with van der Waals surface area (Å²) in [5.74, 6) is 0. The molecule has 144 valence electrons. The summed E-state index contributed by atoms with van der Waals surface area (Å²) in [5, 5.41) is 2.63. The molecule has 2 fully saturated rings. The molecule has 3 atom stereocenters. The number of hydrogen-bond donors (Lipinski definition) is 1. The van der Waals surface area contributed by atoms with Gasteiger partial charge in [-0.1, -0.05) is 6.07 Å². The monoisotopic (exact) mass is 390 g/mol. The Balaban J connectivity index is 1.74. The summed E-state index contributed by atoms with van der Waals surface area (Å²) in [7, 11) is 0.401. The predicted molar refractivity (Wildman–Crippen MR) is 92.3 cm³/mol. The summed E-state index contributed by atoms with van der Waals surface area (Å²) in [6, 6.07) is 3.21. The Morgan fingerprint density at radius 1 is 1.31 bits per heavy atom. The number of fused-ring (bicyclic) bond motifs is 2. The minimum absolute atomic E-state index is 0.0143. The van der Waals surface area contributed by atoms with E-state index in [-0.39, 0.29) is 28.4 Å². The molecule has 0 spiro atoms. The van der Waals surface area contributed by atoms with Crippen LogP contribution in [0.2, 0.25) is 0 Å². The maximum absolute atomic E-state index is 13.2. The van der Waals surface area contributed by atoms with E-state index in [1.54, 1.807) is 4.90 Å². The van der Waals surface area contributed by atoms with E-state index in [4.69, 9.17) is 4.74 Å². The Bertz CT molecular complexity index is 711. The molecule has 1 N–H and O–H groups in total. The van der Waals surface area contributed by atoms with Crippen LogP contribution < -0.4 is 5.32 Å². The molecule has 0 saturated carbocycles. The molecule has 2 bridgehead atoms. The van der Waals surface area contributed by atoms with Gasteiger partial charge in [0.1, 0.15) is 0 Å². The Hall–Kier alpha value is -1.61. The third kappa shape index (κ3) is 4.03. The van der Waals surface area contributed by atoms with Crippen molar-refractivity contribution in [3.8, 4) is 0 Å². The first-order valence-corrected chi connectivity index (χ1v) is 9.71. The molecule has 3 unspecified atom stereocenters. The number of carbonyl (C=O) groups excluding carboxylic acids is 1. The third-order valence-corrected chi connectivity index (χ3v) is 7.04. The zero-order valence-corrected chi connectivity index (χ0v) is 15.2. The SMILES string of the molecule is COCc1ccc(NC(=O)N2CCC3CCC(C2)S3=O)cc1C(F)(F)F. The lowest BCUT2D eigenvalue weighted by Gasteiger charge is -2.24. The van der Waals surface area contributed by atoms with Crippen molar-refractivity contribution in [2.75, 3.05) is 25.5 Å². The van der Waals surface area contributed by atoms with Crippen molar-refractivity contribution in [3.05, 3.63) is 29.3 Å². The van der Waals surface area contributed by atoms with Crippen LogP contribution in [0.1, 0.15) is 30.4 Å². The van der Waals surface area contributed by atoms with E-state index in [1.165, 1.54) is 19.2 Å². The molecular formula is C17H21F3N2O3S. The van der Waals surface area contributed by atoms with Crippen molar-refractivity contribution >= 4 is 22.5 Å². The highest BCUT2D eigenvalue weighted by atomic mass is 32.2. The van der Waals surface area contributed by atoms with E-state index in [0.29, 0.717) is 19.5 Å². The first-order valence-electron chi connectivity index (χ1n) is 8.44. The van der Waals surface area contributed by atoms with Gasteiger partial charge in [0.25, 0.3) is 0 Å². The van der Waals surface area contributed by atoms with Gasteiger partial charge in [-0.3, -0.25) is 4.21 Å². The molecule has 0 aromatic heterocycles. The Morgan fingerprint density at radius 3 is 2.73 bits per heavy atom. The van der Waals surface area contributed by atoms with Crippen molar-refractivity contribution in [1.82, 2.24) is 4.90 Å². The first kappa shape index (κ1) is 19.2. The van der Waals surface area contributed by atoms with Crippen molar-refractivity contribution in [2.45, 2.75) is 42.5 Å². The van der Waals surface area contributed by atoms with Gasteiger partial charge < -0.3 is 15.0 Å². The van der Waals surface area contributed by atoms with Crippen molar-refractivity contribution < 1.29 is 26.9 Å². The molecule has 26 heavy (non-hydrogen) atoms. The molecule has 3 rings (SSSR count). The number of halogens is 3. The number of ether oxygens (including phenoxy) is 1. The van der Waals surface area contributed by atoms with Crippen molar-refractivity contribution in [3.63, 3.8) is 0 Å². The Morgan fingerprint density at radius 2 is 2.04 bits per heavy atom. The molecule has 1 aromatic rings. The molecule has 5 nitrogen and oxygen atoms in total. The lowest BCUT2D eigenvalue weighted by molar-refractivity contribution is -0.138. The highest BCUT2D eigenvalue weighted by molar-refractivity contribution is 7.86. The molecule has 2 amide bonds. The van der Waals surface area contributed by atoms with Gasteiger partial charge in [0.05, 0.1) is 17.4 Å². The normalized spacial score (nSPS) is 25.8. The molecule has 2 saturated heterocycles. The topological polar surface area (TPSA) is 58.6 Å². The number of rotatable bonds is 3. The largest absolute Gasteiger partial charge is 0.416 e. The number of amides is 2. The van der Waals surface area contributed by atoms with E-state index >= 15 is 0 Å². The van der Waals surface area contributed by atoms with Gasteiger partial charge in [-0.05, 0) is 37.0 Å². The fourth-order valence-corrected chi connectivity index (χ4v) is 5.47. The average molecular weight is 390 g/mol. The number of nitrogens with one attached hydrogen (secondary N) is 1. The lowest BCUT2D eigenvalue weighted by atomic mass is 10.1. The summed E-state index contributed by atoms with van der Waals surface area (Å²) >= 11 is 0. The summed E-state index contributed by atoms with van der Waals surface area (Å²) in [5.41, 5.74) is -0.730. The van der Waals surface area contributed by atoms with E-state index in [9.17, 15) is 22.2 Å². The van der Waals surface area contributed by atoms with Crippen LogP contribution in [0.25, 0.3) is 0 Å². The number of anilines is 1. The van der Waals surface area contributed by atoms with Crippen LogP contribution in [-0.4, -0.2) is 45.8 Å². The second kappa shape index (κ2) is 7.56. The highest BCUT2D eigenvalue weighted by Crippen LogP contribution is 2.34. The van der Waals surface area contributed by atoms with E-state index in [2.05, 4.69) is 5.32 Å². The van der Waals surface area contributed by atoms with Crippen LogP contribution in [-0.2, 0) is 28.3 Å². The molecular weight excluding hydrogens is 369 g/mol. The Labute approximate surface area is 152 Å². The molecule has 2 aliphatic heterocycles. The maximum atomic E-state index is 13.2. The zero-order chi connectivity index (χ0) is 18.9. The van der Waals surface area contributed by atoms with Crippen LogP contribution >= 0.6 is 0 Å². The quantitative estimate of drug-likeness (QED) is 0.861. The second-order valence-electron chi connectivity index (χ2n) is 6.62. The third-order valence-electron chi connectivity index (χ3n) is 4.87. The van der Waals surface area contributed by atoms with Gasteiger partial charge in [0.15, 0.2) is 0 Å². The standard InChI is InChI=1S/C17H21F3N2O3S/c1-25-10-11-2-3-12(8-15(11)17(18,19)20)21-16(23)22-7-6-13-4-5-14(9-22)26(13)24/h2-3,8,13-14H,4-7,9-10H2,1H3,(H,21,23). The van der Waals surface area contributed by atoms with Crippen molar-refractivity contribution in [1.29, 1.82) is 0 Å². The smallest absolute Gasteiger partial charge is 0.380 e. The van der Waals surface area contributed by atoms with Gasteiger partial charge >= 0.3 is 12.2 Å². The summed E-state index contributed by atoms with van der Waals surface area (Å²) in [6.07, 6.45) is -2.13. The number of nitrogens with zero attached hydrogens (tertiary/aromatic N) is 1. The van der Waals surface area contributed by atoms with Gasteiger partial charge in [0.2, 0.25) is 0 Å². The van der Waals surface area contributed by atoms with Gasteiger partial charge in [-0.2, -0.15) is 13.2 Å². The first-order chi connectivity index (χ1) is 12.3. The molecule has 2 heterocycles.